The van der Waals surface area contributed by atoms with Gasteiger partial charge in [-0.2, -0.15) is 0 Å². The van der Waals surface area contributed by atoms with Gasteiger partial charge in [-0.05, 0) is 59.3 Å². The highest BCUT2D eigenvalue weighted by Crippen LogP contribution is 2.28. The van der Waals surface area contributed by atoms with E-state index in [-0.39, 0.29) is 6.09 Å². The first-order valence-electron chi connectivity index (χ1n) is 8.60. The predicted molar refractivity (Wildman–Crippen MR) is 85.4 cm³/mol. The largest absolute Gasteiger partial charge is 0.444 e. The van der Waals surface area contributed by atoms with E-state index >= 15 is 0 Å². The molecule has 2 fully saturated rings. The number of rotatable bonds is 4. The molecular weight excluding hydrogens is 264 g/mol. The molecule has 21 heavy (non-hydrogen) atoms. The number of nitrogens with one attached hydrogen (secondary N) is 1. The molecule has 2 rings (SSSR count). The molecule has 1 saturated heterocycles. The molecule has 1 aliphatic carbocycles. The van der Waals surface area contributed by atoms with Crippen molar-refractivity contribution in [2.75, 3.05) is 13.1 Å². The monoisotopic (exact) mass is 296 g/mol. The average Bonchev–Trinajstić information content (AvgIpc) is 3.04. The van der Waals surface area contributed by atoms with Crippen molar-refractivity contribution in [1.82, 2.24) is 10.2 Å². The fourth-order valence-corrected chi connectivity index (χ4v) is 3.55. The van der Waals surface area contributed by atoms with Crippen molar-refractivity contribution in [3.63, 3.8) is 0 Å². The molecule has 122 valence electrons. The van der Waals surface area contributed by atoms with Crippen molar-refractivity contribution in [2.24, 2.45) is 5.92 Å². The van der Waals surface area contributed by atoms with E-state index in [1.54, 1.807) is 0 Å². The van der Waals surface area contributed by atoms with E-state index in [9.17, 15) is 4.79 Å². The Labute approximate surface area is 129 Å². The number of amides is 1. The standard InChI is InChI=1S/C17H32N2O2/c1-13(14-8-5-6-9-14)18-12-15-10-7-11-19(15)16(20)21-17(2,3)4/h13-15,18H,5-12H2,1-4H3/t13-,15?/m0/s1. The lowest BCUT2D eigenvalue weighted by molar-refractivity contribution is 0.0224. The molecule has 0 aromatic heterocycles. The summed E-state index contributed by atoms with van der Waals surface area (Å²) in [6, 6.07) is 0.859. The molecule has 1 aliphatic heterocycles. The minimum atomic E-state index is -0.408. The van der Waals surface area contributed by atoms with Gasteiger partial charge in [0.05, 0.1) is 0 Å². The van der Waals surface area contributed by atoms with Crippen LogP contribution in [0.3, 0.4) is 0 Å². The lowest BCUT2D eigenvalue weighted by atomic mass is 9.99. The first kappa shape index (κ1) is 16.6. The van der Waals surface area contributed by atoms with E-state index in [0.29, 0.717) is 12.1 Å². The molecule has 0 aromatic rings. The van der Waals surface area contributed by atoms with Crippen LogP contribution >= 0.6 is 0 Å². The van der Waals surface area contributed by atoms with Crippen LogP contribution in [0.4, 0.5) is 4.79 Å². The van der Waals surface area contributed by atoms with Crippen LogP contribution in [0.1, 0.15) is 66.2 Å². The third kappa shape index (κ3) is 4.87. The topological polar surface area (TPSA) is 41.6 Å². The van der Waals surface area contributed by atoms with Crippen molar-refractivity contribution in [3.8, 4) is 0 Å². The molecule has 1 heterocycles. The summed E-state index contributed by atoms with van der Waals surface area (Å²) in [5, 5.41) is 3.66. The number of hydrogen-bond donors (Lipinski definition) is 1. The second-order valence-corrected chi connectivity index (χ2v) is 7.71. The van der Waals surface area contributed by atoms with E-state index in [1.165, 1.54) is 25.7 Å². The number of ether oxygens (including phenoxy) is 1. The van der Waals surface area contributed by atoms with Gasteiger partial charge in [-0.3, -0.25) is 0 Å². The van der Waals surface area contributed by atoms with Gasteiger partial charge in [0.15, 0.2) is 0 Å². The SMILES string of the molecule is C[C@H](NCC1CCCN1C(=O)OC(C)(C)C)C1CCCC1. The van der Waals surface area contributed by atoms with E-state index in [4.69, 9.17) is 4.74 Å². The van der Waals surface area contributed by atoms with Crippen molar-refractivity contribution in [1.29, 1.82) is 0 Å². The van der Waals surface area contributed by atoms with Crippen molar-refractivity contribution >= 4 is 6.09 Å². The number of likely N-dealkylation sites (tertiary alicyclic amines) is 1. The van der Waals surface area contributed by atoms with E-state index in [1.807, 2.05) is 25.7 Å². The molecule has 4 nitrogen and oxygen atoms in total. The van der Waals surface area contributed by atoms with Gasteiger partial charge in [0.25, 0.3) is 0 Å². The third-order valence-electron chi connectivity index (χ3n) is 4.79. The van der Waals surface area contributed by atoms with Crippen molar-refractivity contribution in [3.05, 3.63) is 0 Å². The first-order valence-corrected chi connectivity index (χ1v) is 8.60. The molecule has 0 aromatic carbocycles. The van der Waals surface area contributed by atoms with Crippen LogP contribution in [0.25, 0.3) is 0 Å². The van der Waals surface area contributed by atoms with Crippen LogP contribution in [0.15, 0.2) is 0 Å². The Kier molecular flexibility index (Phi) is 5.53. The summed E-state index contributed by atoms with van der Waals surface area (Å²) in [6.45, 7) is 9.81. The van der Waals surface area contributed by atoms with Gasteiger partial charge >= 0.3 is 6.09 Å². The Morgan fingerprint density at radius 2 is 1.90 bits per heavy atom. The zero-order valence-corrected chi connectivity index (χ0v) is 14.2. The van der Waals surface area contributed by atoms with Gasteiger partial charge < -0.3 is 15.0 Å². The number of nitrogens with zero attached hydrogens (tertiary/aromatic N) is 1. The average molecular weight is 296 g/mol. The molecule has 0 spiro atoms. The molecular formula is C17H32N2O2. The highest BCUT2D eigenvalue weighted by molar-refractivity contribution is 5.69. The van der Waals surface area contributed by atoms with Gasteiger partial charge in [-0.15, -0.1) is 0 Å². The van der Waals surface area contributed by atoms with Crippen LogP contribution in [-0.4, -0.2) is 41.8 Å². The van der Waals surface area contributed by atoms with E-state index in [0.717, 1.165) is 31.8 Å². The Morgan fingerprint density at radius 1 is 1.24 bits per heavy atom. The summed E-state index contributed by atoms with van der Waals surface area (Å²) in [5.74, 6) is 0.821. The maximum absolute atomic E-state index is 12.2. The summed E-state index contributed by atoms with van der Waals surface area (Å²) in [4.78, 5) is 14.2. The normalized spacial score (nSPS) is 25.3. The van der Waals surface area contributed by atoms with Gasteiger partial charge in [-0.1, -0.05) is 12.8 Å². The Balaban J connectivity index is 1.80. The zero-order chi connectivity index (χ0) is 15.5. The van der Waals surface area contributed by atoms with Gasteiger partial charge in [0.1, 0.15) is 5.60 Å². The second kappa shape index (κ2) is 6.99. The lowest BCUT2D eigenvalue weighted by Gasteiger charge is -2.30. The Morgan fingerprint density at radius 3 is 2.52 bits per heavy atom. The highest BCUT2D eigenvalue weighted by atomic mass is 16.6. The smallest absolute Gasteiger partial charge is 0.410 e. The first-order chi connectivity index (χ1) is 9.87. The summed E-state index contributed by atoms with van der Waals surface area (Å²) in [7, 11) is 0. The van der Waals surface area contributed by atoms with E-state index in [2.05, 4.69) is 12.2 Å². The molecule has 0 bridgehead atoms. The zero-order valence-electron chi connectivity index (χ0n) is 14.2. The van der Waals surface area contributed by atoms with Crippen LogP contribution in [0.5, 0.6) is 0 Å². The third-order valence-corrected chi connectivity index (χ3v) is 4.79. The summed E-state index contributed by atoms with van der Waals surface area (Å²) in [6.07, 6.45) is 7.49. The van der Waals surface area contributed by atoms with Crippen LogP contribution in [-0.2, 0) is 4.74 Å². The van der Waals surface area contributed by atoms with Crippen LogP contribution in [0, 0.1) is 5.92 Å². The second-order valence-electron chi connectivity index (χ2n) is 7.71. The summed E-state index contributed by atoms with van der Waals surface area (Å²) >= 11 is 0. The molecule has 2 atom stereocenters. The van der Waals surface area contributed by atoms with E-state index < -0.39 is 5.60 Å². The Hall–Kier alpha value is -0.770. The highest BCUT2D eigenvalue weighted by Gasteiger charge is 2.32. The number of hydrogen-bond acceptors (Lipinski definition) is 3. The van der Waals surface area contributed by atoms with Crippen LogP contribution < -0.4 is 5.32 Å². The molecule has 1 unspecified atom stereocenters. The lowest BCUT2D eigenvalue weighted by Crippen LogP contribution is -2.46. The quantitative estimate of drug-likeness (QED) is 0.862. The minimum Gasteiger partial charge on any atom is -0.444 e. The summed E-state index contributed by atoms with van der Waals surface area (Å²) < 4.78 is 5.52. The van der Waals surface area contributed by atoms with Gasteiger partial charge in [-0.25, -0.2) is 4.79 Å². The van der Waals surface area contributed by atoms with Gasteiger partial charge in [0.2, 0.25) is 0 Å². The summed E-state index contributed by atoms with van der Waals surface area (Å²) in [5.41, 5.74) is -0.408. The molecule has 1 N–H and O–H groups in total. The fourth-order valence-electron chi connectivity index (χ4n) is 3.55. The van der Waals surface area contributed by atoms with Crippen LogP contribution in [0.2, 0.25) is 0 Å². The minimum absolute atomic E-state index is 0.152. The van der Waals surface area contributed by atoms with Gasteiger partial charge in [0, 0.05) is 25.2 Å². The maximum atomic E-state index is 12.2. The maximum Gasteiger partial charge on any atom is 0.410 e. The molecule has 2 aliphatic rings. The Bertz CT molecular complexity index is 345. The molecule has 4 heteroatoms. The molecule has 1 amide bonds. The van der Waals surface area contributed by atoms with Crippen molar-refractivity contribution in [2.45, 2.75) is 83.9 Å². The molecule has 1 saturated carbocycles. The molecule has 0 radical (unpaired) electrons. The number of carbonyl (C=O) groups is 1. The number of carbonyl (C=O) groups excluding carboxylic acids is 1. The fraction of sp³-hybridized carbons (Fsp3) is 0.941. The predicted octanol–water partition coefficient (Wildman–Crippen LogP) is 3.55. The van der Waals surface area contributed by atoms with Crippen molar-refractivity contribution < 1.29 is 9.53 Å².